The molecule has 5 aromatic rings. The molecule has 0 aromatic heterocycles. The van der Waals surface area contributed by atoms with E-state index in [1.807, 2.05) is 0 Å². The van der Waals surface area contributed by atoms with Gasteiger partial charge < -0.3 is 94.3 Å². The number of carboxylic acid groups (broad SMARTS) is 1. The monoisotopic (exact) mass is 1110 g/mol. The molecule has 5 aromatic carbocycles. The molecule has 0 aliphatic carbocycles. The molecule has 5 aliphatic heterocycles. The van der Waals surface area contributed by atoms with Gasteiger partial charge in [-0.05, 0) is 96.2 Å². The van der Waals surface area contributed by atoms with E-state index in [4.69, 9.17) is 38.3 Å². The van der Waals surface area contributed by atoms with Crippen molar-refractivity contribution in [1.82, 2.24) is 31.9 Å². The molecule has 9 atom stereocenters. The summed E-state index contributed by atoms with van der Waals surface area (Å²) in [5, 5.41) is 93.1. The first-order valence-corrected chi connectivity index (χ1v) is 24.6. The molecule has 11 bridgehead atoms. The number of aromatic hydroxyl groups is 4. The fraction of sp³-hybridized carbons (Fsp3) is 0.269. The highest BCUT2D eigenvalue weighted by Crippen LogP contribution is 2.47. The number of rotatable bonds is 9. The highest BCUT2D eigenvalue weighted by atomic mass is 35.5. The lowest BCUT2D eigenvalue weighted by molar-refractivity contribution is -0.143. The summed E-state index contributed by atoms with van der Waals surface area (Å²) in [6.45, 7) is 0.297. The average Bonchev–Trinajstić information content (AvgIpc) is 3.44. The molecule has 5 heterocycles. The first-order chi connectivity index (χ1) is 37.5. The van der Waals surface area contributed by atoms with Gasteiger partial charge in [-0.15, -0.1) is 0 Å². The van der Waals surface area contributed by atoms with Gasteiger partial charge in [-0.2, -0.15) is 0 Å². The second kappa shape index (κ2) is 23.2. The summed E-state index contributed by atoms with van der Waals surface area (Å²) in [4.78, 5) is 113. The number of unbranched alkanes of at least 4 members (excludes halogenated alkanes) is 1. The minimum absolute atomic E-state index is 0.0867. The zero-order valence-electron chi connectivity index (χ0n) is 41.1. The van der Waals surface area contributed by atoms with Gasteiger partial charge in [-0.25, -0.2) is 4.79 Å². The second-order valence-electron chi connectivity index (χ2n) is 18.7. The molecule has 79 heavy (non-hydrogen) atoms. The zero-order valence-corrected chi connectivity index (χ0v) is 41.9. The Morgan fingerprint density at radius 1 is 0.658 bits per heavy atom. The number of carboxylic acids is 1. The Bertz CT molecular complexity index is 3290. The van der Waals surface area contributed by atoms with Gasteiger partial charge in [0, 0.05) is 22.8 Å². The quantitative estimate of drug-likeness (QED) is 0.0897. The van der Waals surface area contributed by atoms with Crippen LogP contribution >= 0.6 is 11.6 Å². The van der Waals surface area contributed by atoms with Crippen LogP contribution in [0.4, 0.5) is 0 Å². The molecule has 26 nitrogen and oxygen atoms in total. The van der Waals surface area contributed by atoms with Crippen LogP contribution in [-0.2, 0) is 38.4 Å². The van der Waals surface area contributed by atoms with Gasteiger partial charge in [0.05, 0.1) is 17.5 Å². The Kier molecular flexibility index (Phi) is 16.4. The molecular formula is C52H52ClN9O17. The summed E-state index contributed by atoms with van der Waals surface area (Å²) in [6.07, 6.45) is -3.96. The molecule has 414 valence electrons. The number of hydrogen-bond acceptors (Lipinski definition) is 18. The second-order valence-corrected chi connectivity index (χ2v) is 19.1. The van der Waals surface area contributed by atoms with Crippen molar-refractivity contribution in [1.29, 1.82) is 0 Å². The van der Waals surface area contributed by atoms with Crippen LogP contribution in [0, 0.1) is 0 Å². The van der Waals surface area contributed by atoms with E-state index < -0.39 is 159 Å². The van der Waals surface area contributed by atoms with Crippen LogP contribution in [0.3, 0.4) is 0 Å². The SMILES string of the molecule is NCCCC[C@@H](N)C(=O)N[C@H]1C(=O)N[C@@H](CC(N)=O)C(=O)N[C@H]2C(=O)N[C@H]3C(=O)N[C@H](C(=O)N[C@H](C(=O)O)c4cc(O)cc(O)c4-c4cc3ccc4O)[C@H](O)c3ccc(cc3)Oc3cc2cc(c3O)Oc2ccc(cc2Cl)[C@H]1O. The average molecular weight is 1110 g/mol. The van der Waals surface area contributed by atoms with Crippen LogP contribution in [0.1, 0.15) is 83.8 Å². The lowest BCUT2D eigenvalue weighted by Crippen LogP contribution is -2.59. The third-order valence-corrected chi connectivity index (χ3v) is 13.5. The number of aliphatic hydroxyl groups excluding tert-OH is 2. The zero-order chi connectivity index (χ0) is 57.1. The maximum Gasteiger partial charge on any atom is 0.330 e. The van der Waals surface area contributed by atoms with E-state index in [2.05, 4.69) is 31.9 Å². The molecule has 10 rings (SSSR count). The Morgan fingerprint density at radius 3 is 1.97 bits per heavy atom. The number of aliphatic carboxylic acids is 1. The Balaban J connectivity index is 1.33. The van der Waals surface area contributed by atoms with E-state index in [1.165, 1.54) is 36.4 Å². The molecule has 7 amide bonds. The van der Waals surface area contributed by atoms with Crippen LogP contribution in [0.5, 0.6) is 46.0 Å². The molecule has 19 N–H and O–H groups in total. The standard InChI is InChI=1S/C52H52ClN9O17/c53-28-14-22-7-11-33(28)79-35-16-23-15-34(45(35)69)78-25-8-4-20(5-9-25)43(67)41-51(75)60-40(52(76)77)27-17-24(63)18-32(65)37(27)26-13-21(6-10-31(26)64)38(48(72)62-41)59-49(73)39(23)58-47(71)30(19-36(56)66)57-50(74)42(44(22)68)61-46(70)29(55)3-1-2-12-54/h4-11,13-18,29-30,38-44,63-65,67-69H,1-3,12,19,54-55H2,(H2,56,66)(H,57,74)(H,58,71)(H,59,73)(H,60,75)(H,61,70)(H,62,72)(H,76,77)/t29-,30+,38-,39-,40+,41+,42-,43-,44-/m1/s1. The molecule has 0 saturated heterocycles. The number of ether oxygens (including phenoxy) is 2. The number of primary amides is 1. The van der Waals surface area contributed by atoms with Gasteiger partial charge in [0.1, 0.15) is 71.2 Å². The third kappa shape index (κ3) is 12.0. The van der Waals surface area contributed by atoms with E-state index in [9.17, 15) is 69.3 Å². The number of phenols is 4. The summed E-state index contributed by atoms with van der Waals surface area (Å²) in [6, 6.07) is 1.91. The molecule has 0 fully saturated rings. The van der Waals surface area contributed by atoms with E-state index in [-0.39, 0.29) is 45.2 Å². The highest BCUT2D eigenvalue weighted by Gasteiger charge is 2.41. The number of nitrogens with two attached hydrogens (primary N) is 3. The number of benzene rings is 5. The smallest absolute Gasteiger partial charge is 0.330 e. The lowest BCUT2D eigenvalue weighted by atomic mass is 9.89. The van der Waals surface area contributed by atoms with Crippen molar-refractivity contribution in [2.45, 2.75) is 80.2 Å². The molecular weight excluding hydrogens is 1060 g/mol. The summed E-state index contributed by atoms with van der Waals surface area (Å²) in [5.74, 6) is -14.7. The molecule has 0 saturated carbocycles. The number of carbonyl (C=O) groups is 8. The first kappa shape index (κ1) is 56.0. The number of amides is 7. The number of phenolic OH excluding ortho intramolecular Hbond substituents is 4. The van der Waals surface area contributed by atoms with Crippen molar-refractivity contribution >= 4 is 58.9 Å². The van der Waals surface area contributed by atoms with E-state index in [1.54, 1.807) is 0 Å². The van der Waals surface area contributed by atoms with Gasteiger partial charge in [0.15, 0.2) is 17.5 Å². The Hall–Kier alpha value is -9.21. The van der Waals surface area contributed by atoms with Crippen LogP contribution in [0.25, 0.3) is 11.1 Å². The van der Waals surface area contributed by atoms with E-state index in [0.29, 0.717) is 19.4 Å². The molecule has 27 heteroatoms. The fourth-order valence-corrected chi connectivity index (χ4v) is 9.35. The van der Waals surface area contributed by atoms with Crippen LogP contribution in [0.15, 0.2) is 84.9 Å². The van der Waals surface area contributed by atoms with Crippen molar-refractivity contribution in [3.63, 3.8) is 0 Å². The largest absolute Gasteiger partial charge is 0.508 e. The summed E-state index contributed by atoms with van der Waals surface area (Å²) >= 11 is 6.72. The summed E-state index contributed by atoms with van der Waals surface area (Å²) in [5.41, 5.74) is 15.2. The third-order valence-electron chi connectivity index (χ3n) is 13.2. The van der Waals surface area contributed by atoms with Crippen molar-refractivity contribution < 1.29 is 83.6 Å². The predicted octanol–water partition coefficient (Wildman–Crippen LogP) is 0.564. The van der Waals surface area contributed by atoms with Gasteiger partial charge >= 0.3 is 5.97 Å². The number of hydrogen-bond donors (Lipinski definition) is 16. The predicted molar refractivity (Wildman–Crippen MR) is 274 cm³/mol. The summed E-state index contributed by atoms with van der Waals surface area (Å²) < 4.78 is 12.2. The number of halogens is 1. The topological polar surface area (TPSA) is 447 Å². The van der Waals surface area contributed by atoms with Crippen LogP contribution in [0.2, 0.25) is 5.02 Å². The molecule has 0 radical (unpaired) electrons. The highest BCUT2D eigenvalue weighted by molar-refractivity contribution is 6.32. The number of carbonyl (C=O) groups excluding carboxylic acids is 7. The Labute approximate surface area is 451 Å². The van der Waals surface area contributed by atoms with E-state index in [0.717, 1.165) is 48.5 Å². The first-order valence-electron chi connectivity index (χ1n) is 24.2. The summed E-state index contributed by atoms with van der Waals surface area (Å²) in [7, 11) is 0. The minimum Gasteiger partial charge on any atom is -0.508 e. The van der Waals surface area contributed by atoms with E-state index >= 15 is 4.79 Å². The Morgan fingerprint density at radius 2 is 1.30 bits per heavy atom. The van der Waals surface area contributed by atoms with Crippen molar-refractivity contribution in [2.75, 3.05) is 6.54 Å². The number of nitrogens with one attached hydrogen (secondary N) is 6. The normalized spacial score (nSPS) is 22.5. The van der Waals surface area contributed by atoms with Crippen molar-refractivity contribution in [2.24, 2.45) is 17.2 Å². The van der Waals surface area contributed by atoms with Gasteiger partial charge in [-0.1, -0.05) is 42.3 Å². The number of fused-ring (bicyclic) bond motifs is 15. The molecule has 5 aliphatic rings. The molecule has 0 spiro atoms. The van der Waals surface area contributed by atoms with Gasteiger partial charge in [-0.3, -0.25) is 33.6 Å². The van der Waals surface area contributed by atoms with Crippen LogP contribution in [-0.4, -0.2) is 114 Å². The number of aliphatic hydroxyl groups is 2. The maximum atomic E-state index is 15.3. The lowest BCUT2D eigenvalue weighted by Gasteiger charge is -2.31. The van der Waals surface area contributed by atoms with Crippen molar-refractivity contribution in [3.8, 4) is 57.1 Å². The molecule has 0 unspecified atom stereocenters. The maximum absolute atomic E-state index is 15.3. The van der Waals surface area contributed by atoms with Gasteiger partial charge in [0.2, 0.25) is 47.1 Å². The minimum atomic E-state index is -2.15. The fourth-order valence-electron chi connectivity index (χ4n) is 9.12. The van der Waals surface area contributed by atoms with Crippen LogP contribution < -0.4 is 58.6 Å². The van der Waals surface area contributed by atoms with Crippen molar-refractivity contribution in [3.05, 3.63) is 118 Å². The van der Waals surface area contributed by atoms with Gasteiger partial charge in [0.25, 0.3) is 0 Å².